The van der Waals surface area contributed by atoms with E-state index in [1.165, 1.54) is 12.1 Å². The highest BCUT2D eigenvalue weighted by atomic mass is 19.1. The van der Waals surface area contributed by atoms with Crippen molar-refractivity contribution in [1.82, 2.24) is 25.3 Å². The van der Waals surface area contributed by atoms with E-state index in [1.807, 2.05) is 17.2 Å². The number of carbonyl (C=O) groups is 2. The maximum atomic E-state index is 13.2. The largest absolute Gasteiger partial charge is 0.361 e. The van der Waals surface area contributed by atoms with Crippen LogP contribution in [0.15, 0.2) is 42.7 Å². The van der Waals surface area contributed by atoms with Gasteiger partial charge in [-0.05, 0) is 23.8 Å². The van der Waals surface area contributed by atoms with Crippen LogP contribution in [0, 0.1) is 11.7 Å². The van der Waals surface area contributed by atoms with Crippen LogP contribution in [0.3, 0.4) is 0 Å². The standard InChI is InChI=1S/C20H24FN5O3/c21-16-4-2-15(3-5-16)12-25-13-17(20(14-25)19(28)23-8-11-29-20)18(27)22-7-10-26-9-1-6-24-26/h1-6,9,17H,7-8,10-14H2,(H,22,27)(H,23,28)/t17-,20-/m1/s1. The Labute approximate surface area is 168 Å². The molecular weight excluding hydrogens is 377 g/mol. The number of amides is 2. The SMILES string of the molecule is O=C(NCCn1cccn1)[C@H]1CN(Cc2ccc(F)cc2)C[C@@]12OCCNC2=O. The summed E-state index contributed by atoms with van der Waals surface area (Å²) in [5.74, 6) is -1.38. The van der Waals surface area contributed by atoms with Crippen molar-refractivity contribution in [1.29, 1.82) is 0 Å². The molecule has 0 radical (unpaired) electrons. The predicted octanol–water partition coefficient (Wildman–Crippen LogP) is 0.156. The average Bonchev–Trinajstić information content (AvgIpc) is 3.35. The molecule has 2 aromatic rings. The second kappa shape index (κ2) is 8.30. The van der Waals surface area contributed by atoms with Gasteiger partial charge in [0.15, 0.2) is 5.60 Å². The second-order valence-electron chi connectivity index (χ2n) is 7.40. The minimum absolute atomic E-state index is 0.212. The molecular formula is C20H24FN5O3. The Kier molecular flexibility index (Phi) is 5.59. The third-order valence-electron chi connectivity index (χ3n) is 5.43. The van der Waals surface area contributed by atoms with E-state index in [1.54, 1.807) is 23.0 Å². The Morgan fingerprint density at radius 2 is 2.21 bits per heavy atom. The Balaban J connectivity index is 1.45. The zero-order valence-corrected chi connectivity index (χ0v) is 16.0. The molecule has 0 saturated carbocycles. The number of nitrogens with one attached hydrogen (secondary N) is 2. The molecule has 2 N–H and O–H groups in total. The van der Waals surface area contributed by atoms with E-state index in [9.17, 15) is 14.0 Å². The van der Waals surface area contributed by atoms with Crippen LogP contribution in [0.25, 0.3) is 0 Å². The fourth-order valence-electron chi connectivity index (χ4n) is 4.01. The van der Waals surface area contributed by atoms with Crippen molar-refractivity contribution in [3.8, 4) is 0 Å². The van der Waals surface area contributed by atoms with Crippen LogP contribution in [0.2, 0.25) is 0 Å². The molecule has 2 fully saturated rings. The molecule has 0 unspecified atom stereocenters. The first kappa shape index (κ1) is 19.5. The number of carbonyl (C=O) groups excluding carboxylic acids is 2. The molecule has 2 aliphatic heterocycles. The average molecular weight is 401 g/mol. The molecule has 4 rings (SSSR count). The quantitative estimate of drug-likeness (QED) is 0.720. The molecule has 2 aliphatic rings. The van der Waals surface area contributed by atoms with Crippen molar-refractivity contribution >= 4 is 11.8 Å². The third kappa shape index (κ3) is 4.15. The van der Waals surface area contributed by atoms with Crippen molar-refractivity contribution < 1.29 is 18.7 Å². The molecule has 0 bridgehead atoms. The molecule has 0 aliphatic carbocycles. The Morgan fingerprint density at radius 3 is 2.93 bits per heavy atom. The van der Waals surface area contributed by atoms with Gasteiger partial charge < -0.3 is 15.4 Å². The maximum absolute atomic E-state index is 13.2. The van der Waals surface area contributed by atoms with E-state index in [4.69, 9.17) is 4.74 Å². The lowest BCUT2D eigenvalue weighted by Crippen LogP contribution is -2.62. The summed E-state index contributed by atoms with van der Waals surface area (Å²) < 4.78 is 20.8. The summed E-state index contributed by atoms with van der Waals surface area (Å²) in [5, 5.41) is 9.86. The number of likely N-dealkylation sites (tertiary alicyclic amines) is 1. The fourth-order valence-corrected chi connectivity index (χ4v) is 4.01. The minimum atomic E-state index is -1.20. The lowest BCUT2D eigenvalue weighted by atomic mass is 9.88. The van der Waals surface area contributed by atoms with Crippen LogP contribution in [0.4, 0.5) is 4.39 Å². The van der Waals surface area contributed by atoms with E-state index >= 15 is 0 Å². The van der Waals surface area contributed by atoms with Crippen LogP contribution in [-0.4, -0.2) is 64.9 Å². The first-order valence-corrected chi connectivity index (χ1v) is 9.71. The van der Waals surface area contributed by atoms with E-state index in [-0.39, 0.29) is 17.6 Å². The molecule has 154 valence electrons. The van der Waals surface area contributed by atoms with Crippen LogP contribution < -0.4 is 10.6 Å². The van der Waals surface area contributed by atoms with Crippen molar-refractivity contribution in [3.63, 3.8) is 0 Å². The normalized spacial score (nSPS) is 24.6. The lowest BCUT2D eigenvalue weighted by molar-refractivity contribution is -0.163. The first-order chi connectivity index (χ1) is 14.1. The minimum Gasteiger partial charge on any atom is -0.361 e. The van der Waals surface area contributed by atoms with E-state index in [0.29, 0.717) is 45.9 Å². The number of rotatable bonds is 6. The van der Waals surface area contributed by atoms with Crippen molar-refractivity contribution in [2.24, 2.45) is 5.92 Å². The third-order valence-corrected chi connectivity index (χ3v) is 5.43. The summed E-state index contributed by atoms with van der Waals surface area (Å²) in [6.07, 6.45) is 3.51. The lowest BCUT2D eigenvalue weighted by Gasteiger charge is -2.36. The topological polar surface area (TPSA) is 88.5 Å². The summed E-state index contributed by atoms with van der Waals surface area (Å²) in [5.41, 5.74) is -0.286. The summed E-state index contributed by atoms with van der Waals surface area (Å²) in [6, 6.07) is 8.05. The molecule has 29 heavy (non-hydrogen) atoms. The van der Waals surface area contributed by atoms with Gasteiger partial charge in [0.05, 0.1) is 19.1 Å². The number of ether oxygens (including phenoxy) is 1. The van der Waals surface area contributed by atoms with Gasteiger partial charge in [0.2, 0.25) is 5.91 Å². The van der Waals surface area contributed by atoms with Gasteiger partial charge in [-0.2, -0.15) is 5.10 Å². The molecule has 3 heterocycles. The van der Waals surface area contributed by atoms with Gasteiger partial charge in [0.25, 0.3) is 5.91 Å². The van der Waals surface area contributed by atoms with Crippen LogP contribution >= 0.6 is 0 Å². The summed E-state index contributed by atoms with van der Waals surface area (Å²) in [7, 11) is 0. The second-order valence-corrected chi connectivity index (χ2v) is 7.40. The molecule has 1 spiro atoms. The highest BCUT2D eigenvalue weighted by Gasteiger charge is 2.57. The Morgan fingerprint density at radius 1 is 1.38 bits per heavy atom. The van der Waals surface area contributed by atoms with Crippen molar-refractivity contribution in [2.45, 2.75) is 18.7 Å². The molecule has 2 amide bonds. The monoisotopic (exact) mass is 401 g/mol. The zero-order chi connectivity index (χ0) is 20.3. The number of aromatic nitrogens is 2. The predicted molar refractivity (Wildman–Crippen MR) is 102 cm³/mol. The van der Waals surface area contributed by atoms with Gasteiger partial charge in [-0.15, -0.1) is 0 Å². The molecule has 1 aromatic carbocycles. The van der Waals surface area contributed by atoms with Gasteiger partial charge in [-0.1, -0.05) is 12.1 Å². The van der Waals surface area contributed by atoms with E-state index in [2.05, 4.69) is 15.7 Å². The Hall–Kier alpha value is -2.78. The highest BCUT2D eigenvalue weighted by molar-refractivity contribution is 5.94. The van der Waals surface area contributed by atoms with Crippen LogP contribution in [0.5, 0.6) is 0 Å². The molecule has 9 heteroatoms. The number of morpholine rings is 1. The fraction of sp³-hybridized carbons (Fsp3) is 0.450. The van der Waals surface area contributed by atoms with Gasteiger partial charge in [0.1, 0.15) is 5.82 Å². The van der Waals surface area contributed by atoms with Crippen LogP contribution in [0.1, 0.15) is 5.56 Å². The van der Waals surface area contributed by atoms with Gasteiger partial charge in [0, 0.05) is 45.1 Å². The van der Waals surface area contributed by atoms with Crippen molar-refractivity contribution in [3.05, 3.63) is 54.1 Å². The molecule has 2 saturated heterocycles. The number of benzene rings is 1. The molecule has 1 aromatic heterocycles. The molecule has 8 nitrogen and oxygen atoms in total. The van der Waals surface area contributed by atoms with Gasteiger partial charge in [-0.3, -0.25) is 19.2 Å². The highest BCUT2D eigenvalue weighted by Crippen LogP contribution is 2.34. The maximum Gasteiger partial charge on any atom is 0.254 e. The molecule has 2 atom stereocenters. The van der Waals surface area contributed by atoms with Crippen molar-refractivity contribution in [2.75, 3.05) is 32.8 Å². The number of nitrogens with zero attached hydrogens (tertiary/aromatic N) is 3. The number of hydrogen-bond acceptors (Lipinski definition) is 5. The van der Waals surface area contributed by atoms with Gasteiger partial charge >= 0.3 is 0 Å². The first-order valence-electron chi connectivity index (χ1n) is 9.71. The van der Waals surface area contributed by atoms with Crippen LogP contribution in [-0.2, 0) is 27.4 Å². The summed E-state index contributed by atoms with van der Waals surface area (Å²) in [4.78, 5) is 27.7. The summed E-state index contributed by atoms with van der Waals surface area (Å²) >= 11 is 0. The van der Waals surface area contributed by atoms with Gasteiger partial charge in [-0.25, -0.2) is 4.39 Å². The Bertz CT molecular complexity index is 858. The number of hydrogen-bond donors (Lipinski definition) is 2. The zero-order valence-electron chi connectivity index (χ0n) is 16.0. The smallest absolute Gasteiger partial charge is 0.254 e. The van der Waals surface area contributed by atoms with E-state index < -0.39 is 11.5 Å². The summed E-state index contributed by atoms with van der Waals surface area (Å²) in [6.45, 7) is 2.97. The number of halogens is 1. The van der Waals surface area contributed by atoms with E-state index in [0.717, 1.165) is 5.56 Å².